The fourth-order valence-corrected chi connectivity index (χ4v) is 4.08. The number of amides is 2. The lowest BCUT2D eigenvalue weighted by molar-refractivity contribution is -0.130. The molecule has 0 aromatic heterocycles. The van der Waals surface area contributed by atoms with Crippen molar-refractivity contribution in [2.75, 3.05) is 45.7 Å². The Balaban J connectivity index is 1.69. The Labute approximate surface area is 171 Å². The highest BCUT2D eigenvalue weighted by Gasteiger charge is 2.24. The summed E-state index contributed by atoms with van der Waals surface area (Å²) in [6.45, 7) is 6.16. The summed E-state index contributed by atoms with van der Waals surface area (Å²) in [5.74, 6) is 0.918. The molecule has 1 N–H and O–H groups in total. The Morgan fingerprint density at radius 2 is 1.96 bits per heavy atom. The minimum atomic E-state index is -0.00283. The van der Waals surface area contributed by atoms with Crippen LogP contribution >= 0.6 is 11.6 Å². The molecule has 6 nitrogen and oxygen atoms in total. The monoisotopic (exact) mass is 405 g/mol. The number of carbonyl (C=O) groups excluding carboxylic acids is 2. The number of nitrogens with one attached hydrogen (secondary N) is 1. The third-order valence-electron chi connectivity index (χ3n) is 5.45. The number of hydrogen-bond acceptors (Lipinski definition) is 4. The van der Waals surface area contributed by atoms with E-state index in [1.165, 1.54) is 22.3 Å². The molecule has 1 aliphatic carbocycles. The first-order valence-corrected chi connectivity index (χ1v) is 10.2. The van der Waals surface area contributed by atoms with Crippen molar-refractivity contribution in [3.63, 3.8) is 0 Å². The van der Waals surface area contributed by atoms with Gasteiger partial charge in [-0.3, -0.25) is 14.5 Å². The molecule has 7 heteroatoms. The van der Waals surface area contributed by atoms with E-state index in [0.29, 0.717) is 6.54 Å². The van der Waals surface area contributed by atoms with Crippen LogP contribution in [0, 0.1) is 0 Å². The van der Waals surface area contributed by atoms with Gasteiger partial charge in [0.05, 0.1) is 7.11 Å². The Hall–Kier alpha value is -2.05. The molecule has 0 spiro atoms. The molecule has 1 aliphatic heterocycles. The second-order valence-electron chi connectivity index (χ2n) is 7.27. The van der Waals surface area contributed by atoms with Gasteiger partial charge < -0.3 is 15.0 Å². The van der Waals surface area contributed by atoms with Crippen LogP contribution in [0.2, 0.25) is 0 Å². The highest BCUT2D eigenvalue weighted by atomic mass is 35.5. The number of fused-ring (bicyclic) bond motifs is 1. The van der Waals surface area contributed by atoms with Gasteiger partial charge in [-0.2, -0.15) is 0 Å². The number of carbonyl (C=O) groups is 2. The minimum absolute atomic E-state index is 0.00283. The van der Waals surface area contributed by atoms with Crippen molar-refractivity contribution in [1.82, 2.24) is 15.1 Å². The topological polar surface area (TPSA) is 61.9 Å². The summed E-state index contributed by atoms with van der Waals surface area (Å²) in [6.07, 6.45) is 3.99. The Morgan fingerprint density at radius 1 is 1.21 bits per heavy atom. The van der Waals surface area contributed by atoms with E-state index in [2.05, 4.69) is 28.4 Å². The Bertz CT molecular complexity index is 770. The number of halogens is 1. The lowest BCUT2D eigenvalue weighted by atomic mass is 9.97. The smallest absolute Gasteiger partial charge is 0.237 e. The standard InChI is InChI=1S/C21H28ClN3O3/c1-15(26)23-6-5-16-3-4-19-17(11-18(28-2)12-20(16)19)14-24-7-9-25(10-8-24)21(27)13-22/h3,11-12H,4-10,13-14H2,1-2H3,(H,23,26). The van der Waals surface area contributed by atoms with Gasteiger partial charge in [-0.25, -0.2) is 0 Å². The van der Waals surface area contributed by atoms with Crippen LogP contribution in [0.3, 0.4) is 0 Å². The summed E-state index contributed by atoms with van der Waals surface area (Å²) in [7, 11) is 1.69. The van der Waals surface area contributed by atoms with Crippen molar-refractivity contribution in [2.45, 2.75) is 26.3 Å². The van der Waals surface area contributed by atoms with Crippen LogP contribution in [0.1, 0.15) is 30.0 Å². The van der Waals surface area contributed by atoms with E-state index in [-0.39, 0.29) is 17.7 Å². The third-order valence-corrected chi connectivity index (χ3v) is 5.68. The molecule has 1 heterocycles. The van der Waals surface area contributed by atoms with E-state index < -0.39 is 0 Å². The van der Waals surface area contributed by atoms with E-state index in [0.717, 1.165) is 51.3 Å². The predicted molar refractivity (Wildman–Crippen MR) is 111 cm³/mol. The van der Waals surface area contributed by atoms with Gasteiger partial charge in [0.1, 0.15) is 11.6 Å². The van der Waals surface area contributed by atoms with Gasteiger partial charge in [0, 0.05) is 46.2 Å². The molecule has 28 heavy (non-hydrogen) atoms. The van der Waals surface area contributed by atoms with Gasteiger partial charge in [-0.15, -0.1) is 11.6 Å². The first-order valence-electron chi connectivity index (χ1n) is 9.71. The summed E-state index contributed by atoms with van der Waals surface area (Å²) in [4.78, 5) is 27.1. The van der Waals surface area contributed by atoms with E-state index in [1.54, 1.807) is 14.0 Å². The summed E-state index contributed by atoms with van der Waals surface area (Å²) in [5, 5.41) is 2.87. The van der Waals surface area contributed by atoms with Crippen LogP contribution in [-0.4, -0.2) is 67.3 Å². The van der Waals surface area contributed by atoms with Gasteiger partial charge in [-0.1, -0.05) is 6.08 Å². The van der Waals surface area contributed by atoms with Crippen molar-refractivity contribution in [1.29, 1.82) is 0 Å². The lowest BCUT2D eigenvalue weighted by Crippen LogP contribution is -2.48. The zero-order valence-electron chi connectivity index (χ0n) is 16.6. The van der Waals surface area contributed by atoms with E-state index >= 15 is 0 Å². The molecule has 0 unspecified atom stereocenters. The maximum absolute atomic E-state index is 11.8. The largest absolute Gasteiger partial charge is 0.497 e. The first-order chi connectivity index (χ1) is 13.5. The summed E-state index contributed by atoms with van der Waals surface area (Å²) in [5.41, 5.74) is 5.12. The van der Waals surface area contributed by atoms with Gasteiger partial charge in [-0.05, 0) is 47.2 Å². The summed E-state index contributed by atoms with van der Waals surface area (Å²) < 4.78 is 5.54. The third kappa shape index (κ3) is 4.86. The molecule has 2 aliphatic rings. The molecule has 0 atom stereocenters. The molecule has 1 aromatic carbocycles. The van der Waals surface area contributed by atoms with Crippen LogP contribution in [0.15, 0.2) is 18.2 Å². The van der Waals surface area contributed by atoms with E-state index in [1.807, 2.05) is 4.90 Å². The molecule has 1 fully saturated rings. The van der Waals surface area contributed by atoms with Gasteiger partial charge in [0.25, 0.3) is 0 Å². The molecule has 1 aromatic rings. The zero-order chi connectivity index (χ0) is 20.1. The second-order valence-corrected chi connectivity index (χ2v) is 7.54. The number of ether oxygens (including phenoxy) is 1. The molecule has 3 rings (SSSR count). The highest BCUT2D eigenvalue weighted by Crippen LogP contribution is 2.36. The number of rotatable bonds is 7. The number of hydrogen-bond donors (Lipinski definition) is 1. The van der Waals surface area contributed by atoms with Crippen molar-refractivity contribution >= 4 is 29.0 Å². The number of nitrogens with zero attached hydrogens (tertiary/aromatic N) is 2. The number of alkyl halides is 1. The molecule has 2 amide bonds. The van der Waals surface area contributed by atoms with Crippen molar-refractivity contribution < 1.29 is 14.3 Å². The zero-order valence-corrected chi connectivity index (χ0v) is 17.3. The van der Waals surface area contributed by atoms with Crippen molar-refractivity contribution in [3.05, 3.63) is 34.9 Å². The number of piperazine rings is 1. The van der Waals surface area contributed by atoms with E-state index in [9.17, 15) is 9.59 Å². The van der Waals surface area contributed by atoms with Gasteiger partial charge in [0.2, 0.25) is 11.8 Å². The quantitative estimate of drug-likeness (QED) is 0.705. The molecule has 0 radical (unpaired) electrons. The first kappa shape index (κ1) is 20.7. The molecule has 0 saturated carbocycles. The summed E-state index contributed by atoms with van der Waals surface area (Å²) >= 11 is 5.67. The van der Waals surface area contributed by atoms with Gasteiger partial charge in [0.15, 0.2) is 0 Å². The Kier molecular flexibility index (Phi) is 6.97. The van der Waals surface area contributed by atoms with Crippen molar-refractivity contribution in [3.8, 4) is 5.75 Å². The molecular weight excluding hydrogens is 378 g/mol. The predicted octanol–water partition coefficient (Wildman–Crippen LogP) is 2.04. The van der Waals surface area contributed by atoms with E-state index in [4.69, 9.17) is 16.3 Å². The second kappa shape index (κ2) is 9.43. The average Bonchev–Trinajstić information content (AvgIpc) is 3.11. The number of benzene rings is 1. The maximum atomic E-state index is 11.8. The number of allylic oxidation sites excluding steroid dienone is 1. The maximum Gasteiger partial charge on any atom is 0.237 e. The van der Waals surface area contributed by atoms with Crippen LogP contribution < -0.4 is 10.1 Å². The molecule has 152 valence electrons. The van der Waals surface area contributed by atoms with Gasteiger partial charge >= 0.3 is 0 Å². The fraction of sp³-hybridized carbons (Fsp3) is 0.524. The number of methoxy groups -OCH3 is 1. The normalized spacial score (nSPS) is 16.5. The van der Waals surface area contributed by atoms with Crippen LogP contribution in [-0.2, 0) is 22.6 Å². The lowest BCUT2D eigenvalue weighted by Gasteiger charge is -2.34. The summed E-state index contributed by atoms with van der Waals surface area (Å²) in [6, 6.07) is 4.22. The SMILES string of the molecule is COc1cc(CN2CCN(C(=O)CCl)CC2)c2c(c1)C(CCNC(C)=O)=CC2. The van der Waals surface area contributed by atoms with Crippen LogP contribution in [0.4, 0.5) is 0 Å². The average molecular weight is 406 g/mol. The molecular formula is C21H28ClN3O3. The Morgan fingerprint density at radius 3 is 2.61 bits per heavy atom. The molecule has 0 bridgehead atoms. The fourth-order valence-electron chi connectivity index (χ4n) is 3.92. The highest BCUT2D eigenvalue weighted by molar-refractivity contribution is 6.27. The van der Waals surface area contributed by atoms with Crippen LogP contribution in [0.5, 0.6) is 5.75 Å². The minimum Gasteiger partial charge on any atom is -0.497 e. The van der Waals surface area contributed by atoms with Crippen LogP contribution in [0.25, 0.3) is 5.57 Å². The van der Waals surface area contributed by atoms with Crippen molar-refractivity contribution in [2.24, 2.45) is 0 Å². The molecule has 1 saturated heterocycles.